The average Bonchev–Trinajstić information content (AvgIpc) is 3.53. The van der Waals surface area contributed by atoms with E-state index in [4.69, 9.17) is 13.4 Å². The molecule has 0 saturated heterocycles. The Balaban J connectivity index is 0.000000503. The van der Waals surface area contributed by atoms with Crippen LogP contribution in [0.4, 0.5) is 0 Å². The molecule has 2 aliphatic rings. The highest BCUT2D eigenvalue weighted by Crippen LogP contribution is 2.39. The monoisotopic (exact) mass is 421 g/mol. The average molecular weight is 422 g/mol. The fourth-order valence-corrected chi connectivity index (χ4v) is 4.12. The summed E-state index contributed by atoms with van der Waals surface area (Å²) in [6.07, 6.45) is 11.1. The van der Waals surface area contributed by atoms with Crippen LogP contribution in [0.2, 0.25) is 0 Å². The largest absolute Gasteiger partial charge is 0.316 e. The van der Waals surface area contributed by atoms with E-state index in [1.165, 1.54) is 61.5 Å². The lowest BCUT2D eigenvalue weighted by molar-refractivity contribution is 0.430. The van der Waals surface area contributed by atoms with Gasteiger partial charge in [0.25, 0.3) is 0 Å². The normalized spacial score (nSPS) is 16.6. The molecule has 156 valence electrons. The molecule has 6 heteroatoms. The molecular weight excluding hydrogens is 394 g/mol. The van der Waals surface area contributed by atoms with Crippen LogP contribution in [0.15, 0.2) is 48.7 Å². The number of pyridine rings is 1. The Morgan fingerprint density at radius 2 is 1.67 bits per heavy atom. The van der Waals surface area contributed by atoms with Gasteiger partial charge in [0.2, 0.25) is 0 Å². The third-order valence-electron chi connectivity index (χ3n) is 5.70. The second-order valence-corrected chi connectivity index (χ2v) is 8.59. The van der Waals surface area contributed by atoms with Gasteiger partial charge < -0.3 is 4.57 Å². The summed E-state index contributed by atoms with van der Waals surface area (Å²) in [7, 11) is -2.62. The molecule has 0 aliphatic heterocycles. The number of fused-ring (bicyclic) bond motifs is 1. The van der Waals surface area contributed by atoms with Crippen LogP contribution in [0.5, 0.6) is 0 Å². The van der Waals surface area contributed by atoms with E-state index in [2.05, 4.69) is 64.0 Å². The van der Waals surface area contributed by atoms with Crippen LogP contribution in [0.3, 0.4) is 0 Å². The highest BCUT2D eigenvalue weighted by molar-refractivity contribution is 7.69. The Hall–Kier alpha value is -2.62. The van der Waals surface area contributed by atoms with Crippen LogP contribution in [0, 0.1) is 17.8 Å². The summed E-state index contributed by atoms with van der Waals surface area (Å²) in [5, 5.41) is 5.28. The number of nitrogens with zero attached hydrogens (tertiary/aromatic N) is 2. The lowest BCUT2D eigenvalue weighted by Crippen LogP contribution is -2.04. The maximum Gasteiger partial charge on any atom is 0.198 e. The van der Waals surface area contributed by atoms with Crippen LogP contribution in [0.25, 0.3) is 22.2 Å². The molecule has 2 N–H and O–H groups in total. The molecule has 2 aliphatic carbocycles. The topological polar surface area (TPSA) is 78.0 Å². The highest BCUT2D eigenvalue weighted by atomic mass is 32.2. The standard InChI is InChI=1S/C24H24N2.H3NO2S/c1-3-7-18(8-4-1)11-12-23-16-20-15-21(19-9-5-2-6-10-19)17-25-24(20)26(23)22-13-14-22;1-4(2)3/h2,5-6,9-10,15-18,22H,1,3-4,7-8,13-14H2;4H,(H2,1,2,3). The molecule has 0 atom stereocenters. The van der Waals surface area contributed by atoms with E-state index in [9.17, 15) is 0 Å². The Bertz CT molecular complexity index is 1140. The number of nitrogens with two attached hydrogens (primary N) is 1. The molecule has 0 amide bonds. The molecule has 5 nitrogen and oxygen atoms in total. The van der Waals surface area contributed by atoms with E-state index in [-0.39, 0.29) is 0 Å². The van der Waals surface area contributed by atoms with E-state index in [0.29, 0.717) is 12.0 Å². The molecule has 2 fully saturated rings. The van der Waals surface area contributed by atoms with Crippen molar-refractivity contribution in [3.8, 4) is 23.0 Å². The van der Waals surface area contributed by atoms with Crippen molar-refractivity contribution in [1.82, 2.24) is 9.55 Å². The first kappa shape index (κ1) is 20.6. The van der Waals surface area contributed by atoms with E-state index < -0.39 is 10.9 Å². The van der Waals surface area contributed by atoms with Gasteiger partial charge in [-0.3, -0.25) is 0 Å². The molecular formula is C24H27N3O2S. The second kappa shape index (κ2) is 9.46. The third kappa shape index (κ3) is 5.10. The van der Waals surface area contributed by atoms with Crippen molar-refractivity contribution >= 4 is 21.9 Å². The summed E-state index contributed by atoms with van der Waals surface area (Å²) in [6, 6.07) is 15.6. The molecule has 0 spiro atoms. The highest BCUT2D eigenvalue weighted by Gasteiger charge is 2.27. The number of rotatable bonds is 2. The number of thiol groups is 1. The zero-order valence-corrected chi connectivity index (χ0v) is 17.9. The number of hydrogen-bond acceptors (Lipinski definition) is 3. The molecule has 5 rings (SSSR count). The van der Waals surface area contributed by atoms with Crippen LogP contribution < -0.4 is 5.14 Å². The summed E-state index contributed by atoms with van der Waals surface area (Å²) in [5.41, 5.74) is 4.65. The van der Waals surface area contributed by atoms with Gasteiger partial charge in [-0.05, 0) is 49.3 Å². The van der Waals surface area contributed by atoms with E-state index in [1.807, 2.05) is 6.20 Å². The van der Waals surface area contributed by atoms with Crippen molar-refractivity contribution in [2.75, 3.05) is 0 Å². The van der Waals surface area contributed by atoms with Crippen LogP contribution in [0.1, 0.15) is 56.7 Å². The van der Waals surface area contributed by atoms with Gasteiger partial charge in [-0.1, -0.05) is 55.5 Å². The Labute approximate surface area is 179 Å². The smallest absolute Gasteiger partial charge is 0.198 e. The number of aromatic nitrogens is 2. The van der Waals surface area contributed by atoms with E-state index in [1.54, 1.807) is 0 Å². The third-order valence-corrected chi connectivity index (χ3v) is 5.70. The molecule has 3 aromatic rings. The number of benzene rings is 1. The van der Waals surface area contributed by atoms with Gasteiger partial charge in [0.1, 0.15) is 5.65 Å². The summed E-state index contributed by atoms with van der Waals surface area (Å²) in [5.74, 6) is 7.68. The lowest BCUT2D eigenvalue weighted by atomic mass is 9.90. The molecule has 2 aromatic heterocycles. The van der Waals surface area contributed by atoms with Crippen molar-refractivity contribution in [1.29, 1.82) is 0 Å². The van der Waals surface area contributed by atoms with Gasteiger partial charge in [-0.2, -0.15) is 0 Å². The van der Waals surface area contributed by atoms with Gasteiger partial charge in [-0.25, -0.2) is 18.5 Å². The Morgan fingerprint density at radius 1 is 0.967 bits per heavy atom. The Kier molecular flexibility index (Phi) is 6.51. The minimum Gasteiger partial charge on any atom is -0.316 e. The fourth-order valence-electron chi connectivity index (χ4n) is 4.12. The quantitative estimate of drug-likeness (QED) is 0.474. The van der Waals surface area contributed by atoms with Crippen LogP contribution in [-0.2, 0) is 10.9 Å². The van der Waals surface area contributed by atoms with E-state index >= 15 is 0 Å². The van der Waals surface area contributed by atoms with Gasteiger partial charge in [0.15, 0.2) is 10.9 Å². The molecule has 0 radical (unpaired) electrons. The van der Waals surface area contributed by atoms with Crippen molar-refractivity contribution in [3.05, 3.63) is 54.4 Å². The van der Waals surface area contributed by atoms with Crippen LogP contribution >= 0.6 is 0 Å². The maximum absolute atomic E-state index is 8.81. The zero-order chi connectivity index (χ0) is 20.9. The van der Waals surface area contributed by atoms with Crippen molar-refractivity contribution < 1.29 is 8.42 Å². The Morgan fingerprint density at radius 3 is 2.33 bits per heavy atom. The summed E-state index contributed by atoms with van der Waals surface area (Å²) in [4.78, 5) is 4.83. The van der Waals surface area contributed by atoms with Gasteiger partial charge in [0.05, 0.1) is 5.69 Å². The van der Waals surface area contributed by atoms with Crippen molar-refractivity contribution in [2.45, 2.75) is 51.0 Å². The van der Waals surface area contributed by atoms with Gasteiger partial charge >= 0.3 is 0 Å². The molecule has 1 aromatic carbocycles. The molecule has 2 saturated carbocycles. The molecule has 0 bridgehead atoms. The maximum atomic E-state index is 8.81. The van der Waals surface area contributed by atoms with E-state index in [0.717, 1.165) is 11.3 Å². The fraction of sp³-hybridized carbons (Fsp3) is 0.375. The summed E-state index contributed by atoms with van der Waals surface area (Å²) >= 11 is 0. The predicted octanol–water partition coefficient (Wildman–Crippen LogP) is 4.44. The predicted molar refractivity (Wildman–Crippen MR) is 121 cm³/mol. The summed E-state index contributed by atoms with van der Waals surface area (Å²) < 4.78 is 20.0. The minimum atomic E-state index is -2.62. The lowest BCUT2D eigenvalue weighted by Gasteiger charge is -2.15. The summed E-state index contributed by atoms with van der Waals surface area (Å²) in [6.45, 7) is 0. The SMILES string of the molecule is C(#CC1CCCCC1)c1cc2cc(-c3ccccc3)cnc2n1C1CC1.N[SH](=O)=O. The van der Waals surface area contributed by atoms with Gasteiger partial charge in [0, 0.05) is 29.1 Å². The first-order valence-electron chi connectivity index (χ1n) is 10.6. The molecule has 30 heavy (non-hydrogen) atoms. The van der Waals surface area contributed by atoms with Gasteiger partial charge in [-0.15, -0.1) is 0 Å². The van der Waals surface area contributed by atoms with Crippen LogP contribution in [-0.4, -0.2) is 18.0 Å². The van der Waals surface area contributed by atoms with Crippen molar-refractivity contribution in [2.24, 2.45) is 11.1 Å². The second-order valence-electron chi connectivity index (χ2n) is 8.02. The molecule has 0 unspecified atom stereocenters. The van der Waals surface area contributed by atoms with Crippen molar-refractivity contribution in [3.63, 3.8) is 0 Å². The minimum absolute atomic E-state index is 0.585. The molecule has 2 heterocycles. The zero-order valence-electron chi connectivity index (χ0n) is 17.0. The first-order chi connectivity index (χ1) is 14.6. The number of hydrogen-bond donors (Lipinski definition) is 2. The first-order valence-corrected chi connectivity index (χ1v) is 11.8.